The first-order valence-corrected chi connectivity index (χ1v) is 9.69. The SMILES string of the molecule is O=C(O)c1sc(-c2cccnc2)nc1N(c1cccc(F)c1)c1ccccc1Cl. The minimum Gasteiger partial charge on any atom is -0.477 e. The highest BCUT2D eigenvalue weighted by Crippen LogP contribution is 2.43. The normalized spacial score (nSPS) is 10.7. The number of thiazole rings is 1. The minimum absolute atomic E-state index is 0.00744. The van der Waals surface area contributed by atoms with E-state index in [1.54, 1.807) is 65.8 Å². The van der Waals surface area contributed by atoms with Crippen molar-refractivity contribution in [2.45, 2.75) is 0 Å². The number of hydrogen-bond donors (Lipinski definition) is 1. The molecule has 1 N–H and O–H groups in total. The smallest absolute Gasteiger partial charge is 0.349 e. The lowest BCUT2D eigenvalue weighted by molar-refractivity contribution is 0.0702. The fraction of sp³-hybridized carbons (Fsp3) is 0. The Morgan fingerprint density at radius 3 is 2.62 bits per heavy atom. The summed E-state index contributed by atoms with van der Waals surface area (Å²) in [6.07, 6.45) is 3.23. The molecule has 2 aromatic heterocycles. The summed E-state index contributed by atoms with van der Waals surface area (Å²) in [5.74, 6) is -1.44. The molecular weight excluding hydrogens is 413 g/mol. The molecule has 0 aliphatic carbocycles. The van der Waals surface area contributed by atoms with Crippen molar-refractivity contribution in [3.05, 3.63) is 88.8 Å². The number of carbonyl (C=O) groups is 1. The number of aromatic carboxylic acids is 1. The number of hydrogen-bond acceptors (Lipinski definition) is 5. The van der Waals surface area contributed by atoms with Gasteiger partial charge in [0.25, 0.3) is 0 Å². The summed E-state index contributed by atoms with van der Waals surface area (Å²) in [6.45, 7) is 0. The van der Waals surface area contributed by atoms with Crippen molar-refractivity contribution in [2.24, 2.45) is 0 Å². The number of nitrogens with zero attached hydrogens (tertiary/aromatic N) is 3. The van der Waals surface area contributed by atoms with E-state index < -0.39 is 11.8 Å². The summed E-state index contributed by atoms with van der Waals surface area (Å²) in [6, 6.07) is 16.3. The fourth-order valence-electron chi connectivity index (χ4n) is 2.84. The lowest BCUT2D eigenvalue weighted by Gasteiger charge is -2.24. The van der Waals surface area contributed by atoms with Gasteiger partial charge in [-0.15, -0.1) is 11.3 Å². The van der Waals surface area contributed by atoms with Crippen molar-refractivity contribution >= 4 is 46.1 Å². The zero-order chi connectivity index (χ0) is 20.4. The molecule has 4 aromatic rings. The van der Waals surface area contributed by atoms with Gasteiger partial charge in [-0.2, -0.15) is 0 Å². The van der Waals surface area contributed by atoms with E-state index in [4.69, 9.17) is 11.6 Å². The Labute approximate surface area is 174 Å². The number of aromatic nitrogens is 2. The van der Waals surface area contributed by atoms with Crippen LogP contribution in [0.1, 0.15) is 9.67 Å². The Kier molecular flexibility index (Phi) is 5.24. The molecule has 5 nitrogen and oxygen atoms in total. The van der Waals surface area contributed by atoms with Crippen LogP contribution in [0.25, 0.3) is 10.6 Å². The number of rotatable bonds is 5. The maximum atomic E-state index is 14.0. The first kappa shape index (κ1) is 19.0. The number of para-hydroxylation sites is 1. The van der Waals surface area contributed by atoms with Gasteiger partial charge in [0.1, 0.15) is 10.8 Å². The highest BCUT2D eigenvalue weighted by Gasteiger charge is 2.26. The van der Waals surface area contributed by atoms with Crippen LogP contribution < -0.4 is 4.90 Å². The number of halogens is 2. The molecule has 2 aromatic carbocycles. The first-order chi connectivity index (χ1) is 14.0. The number of pyridine rings is 1. The number of carboxylic acids is 1. The van der Waals surface area contributed by atoms with E-state index in [1.165, 1.54) is 12.1 Å². The first-order valence-electron chi connectivity index (χ1n) is 8.49. The molecule has 0 saturated heterocycles. The molecule has 29 heavy (non-hydrogen) atoms. The molecule has 0 aliphatic rings. The molecule has 8 heteroatoms. The van der Waals surface area contributed by atoms with Crippen molar-refractivity contribution in [2.75, 3.05) is 4.90 Å². The van der Waals surface area contributed by atoms with Gasteiger partial charge in [-0.3, -0.25) is 9.88 Å². The zero-order valence-electron chi connectivity index (χ0n) is 14.8. The van der Waals surface area contributed by atoms with E-state index >= 15 is 0 Å². The van der Waals surface area contributed by atoms with Crippen molar-refractivity contribution < 1.29 is 14.3 Å². The van der Waals surface area contributed by atoms with Gasteiger partial charge in [-0.05, 0) is 42.5 Å². The third-order valence-corrected chi connectivity index (χ3v) is 5.48. The molecule has 0 unspecified atom stereocenters. The lowest BCUT2D eigenvalue weighted by atomic mass is 10.2. The maximum Gasteiger partial charge on any atom is 0.349 e. The molecule has 2 heterocycles. The summed E-state index contributed by atoms with van der Waals surface area (Å²) in [5.41, 5.74) is 1.58. The Bertz CT molecular complexity index is 1180. The van der Waals surface area contributed by atoms with Crippen LogP contribution in [0.2, 0.25) is 5.02 Å². The van der Waals surface area contributed by atoms with Crippen LogP contribution >= 0.6 is 22.9 Å². The molecule has 0 atom stereocenters. The van der Waals surface area contributed by atoms with Gasteiger partial charge < -0.3 is 5.11 Å². The largest absolute Gasteiger partial charge is 0.477 e. The molecule has 144 valence electrons. The second-order valence-corrected chi connectivity index (χ2v) is 7.39. The van der Waals surface area contributed by atoms with E-state index in [1.807, 2.05) is 0 Å². The number of carboxylic acid groups (broad SMARTS) is 1. The van der Waals surface area contributed by atoms with Crippen LogP contribution in [0, 0.1) is 5.82 Å². The topological polar surface area (TPSA) is 66.3 Å². The van der Waals surface area contributed by atoms with Crippen molar-refractivity contribution in [3.63, 3.8) is 0 Å². The van der Waals surface area contributed by atoms with Crippen LogP contribution in [0.4, 0.5) is 21.6 Å². The molecule has 0 radical (unpaired) electrons. The van der Waals surface area contributed by atoms with Crippen LogP contribution in [0.5, 0.6) is 0 Å². The van der Waals surface area contributed by atoms with Crippen molar-refractivity contribution in [3.8, 4) is 10.6 Å². The summed E-state index contributed by atoms with van der Waals surface area (Å²) in [7, 11) is 0. The second kappa shape index (κ2) is 7.98. The second-order valence-electron chi connectivity index (χ2n) is 5.99. The van der Waals surface area contributed by atoms with Crippen LogP contribution in [0.15, 0.2) is 73.1 Å². The average molecular weight is 426 g/mol. The summed E-state index contributed by atoms with van der Waals surface area (Å²) >= 11 is 7.42. The van der Waals surface area contributed by atoms with Gasteiger partial charge in [-0.25, -0.2) is 14.2 Å². The van der Waals surface area contributed by atoms with Gasteiger partial charge in [0.2, 0.25) is 0 Å². The Morgan fingerprint density at radius 1 is 1.10 bits per heavy atom. The van der Waals surface area contributed by atoms with Gasteiger partial charge in [0.15, 0.2) is 10.7 Å². The van der Waals surface area contributed by atoms with E-state index in [0.29, 0.717) is 27.0 Å². The van der Waals surface area contributed by atoms with E-state index in [2.05, 4.69) is 9.97 Å². The van der Waals surface area contributed by atoms with Gasteiger partial charge in [-0.1, -0.05) is 29.8 Å². The quantitative estimate of drug-likeness (QED) is 0.414. The molecule has 0 amide bonds. The minimum atomic E-state index is -1.14. The third kappa shape index (κ3) is 3.83. The summed E-state index contributed by atoms with van der Waals surface area (Å²) < 4.78 is 14.0. The van der Waals surface area contributed by atoms with Crippen molar-refractivity contribution in [1.82, 2.24) is 9.97 Å². The van der Waals surface area contributed by atoms with E-state index in [0.717, 1.165) is 11.3 Å². The van der Waals surface area contributed by atoms with E-state index in [-0.39, 0.29) is 10.7 Å². The molecule has 0 aliphatic heterocycles. The average Bonchev–Trinajstić information content (AvgIpc) is 3.16. The molecule has 4 rings (SSSR count). The highest BCUT2D eigenvalue weighted by atomic mass is 35.5. The van der Waals surface area contributed by atoms with Gasteiger partial charge in [0.05, 0.1) is 16.4 Å². The number of benzene rings is 2. The van der Waals surface area contributed by atoms with Crippen LogP contribution in [0.3, 0.4) is 0 Å². The Balaban J connectivity index is 1.97. The van der Waals surface area contributed by atoms with Gasteiger partial charge >= 0.3 is 5.97 Å². The van der Waals surface area contributed by atoms with Gasteiger partial charge in [0, 0.05) is 18.0 Å². The predicted octanol–water partition coefficient (Wildman–Crippen LogP) is 6.17. The Morgan fingerprint density at radius 2 is 1.93 bits per heavy atom. The zero-order valence-corrected chi connectivity index (χ0v) is 16.4. The standard InChI is InChI=1S/C21H13ClFN3O2S/c22-16-8-1-2-9-17(16)26(15-7-3-6-14(23)11-15)19-18(21(27)28)29-20(25-19)13-5-4-10-24-12-13/h1-12H,(H,27,28). The van der Waals surface area contributed by atoms with Crippen LogP contribution in [-0.4, -0.2) is 21.0 Å². The van der Waals surface area contributed by atoms with E-state index in [9.17, 15) is 14.3 Å². The fourth-order valence-corrected chi connectivity index (χ4v) is 3.94. The molecule has 0 spiro atoms. The summed E-state index contributed by atoms with van der Waals surface area (Å²) in [4.78, 5) is 22.2. The predicted molar refractivity (Wildman–Crippen MR) is 112 cm³/mol. The monoisotopic (exact) mass is 425 g/mol. The lowest BCUT2D eigenvalue weighted by Crippen LogP contribution is -2.14. The highest BCUT2D eigenvalue weighted by molar-refractivity contribution is 7.17. The van der Waals surface area contributed by atoms with Crippen LogP contribution in [-0.2, 0) is 0 Å². The molecule has 0 saturated carbocycles. The maximum absolute atomic E-state index is 14.0. The number of anilines is 3. The molecular formula is C21H13ClFN3O2S. The summed E-state index contributed by atoms with van der Waals surface area (Å²) in [5, 5.41) is 10.7. The van der Waals surface area contributed by atoms with Crippen molar-refractivity contribution in [1.29, 1.82) is 0 Å². The molecule has 0 fully saturated rings. The third-order valence-electron chi connectivity index (χ3n) is 4.08. The Hall–Kier alpha value is -3.29. The molecule has 0 bridgehead atoms.